The predicted octanol–water partition coefficient (Wildman–Crippen LogP) is 5.32. The molecule has 0 aliphatic carbocycles. The van der Waals surface area contributed by atoms with Crippen LogP contribution in [0.2, 0.25) is 0 Å². The largest absolute Gasteiger partial charge is 0.223 e. The maximum atomic E-state index is 2.56. The fraction of sp³-hybridized carbons (Fsp3) is 0.350. The molecule has 0 saturated carbocycles. The zero-order chi connectivity index (χ0) is 15.2. The molecular formula is C20H22NS+. The van der Waals surface area contributed by atoms with Crippen LogP contribution in [0, 0.1) is 0 Å². The molecule has 4 rings (SSSR count). The highest BCUT2D eigenvalue weighted by atomic mass is 32.1. The highest BCUT2D eigenvalue weighted by Crippen LogP contribution is 2.42. The van der Waals surface area contributed by atoms with Gasteiger partial charge in [0.1, 0.15) is 4.88 Å². The molecule has 1 aromatic carbocycles. The van der Waals surface area contributed by atoms with Crippen LogP contribution in [0.25, 0.3) is 20.7 Å². The Hall–Kier alpha value is -1.67. The molecule has 0 atom stereocenters. The van der Waals surface area contributed by atoms with Crippen molar-refractivity contribution in [2.45, 2.75) is 45.1 Å². The summed E-state index contributed by atoms with van der Waals surface area (Å²) >= 11 is 1.96. The number of aromatic nitrogens is 1. The second-order valence-corrected chi connectivity index (χ2v) is 7.35. The van der Waals surface area contributed by atoms with Crippen LogP contribution in [-0.4, -0.2) is 0 Å². The van der Waals surface area contributed by atoms with Gasteiger partial charge in [0.2, 0.25) is 5.69 Å². The van der Waals surface area contributed by atoms with Gasteiger partial charge in [-0.05, 0) is 29.5 Å². The number of hydrogen-bond donors (Lipinski definition) is 0. The average molecular weight is 308 g/mol. The molecule has 1 aliphatic rings. The van der Waals surface area contributed by atoms with Crippen molar-refractivity contribution in [1.29, 1.82) is 0 Å². The first kappa shape index (κ1) is 14.0. The van der Waals surface area contributed by atoms with Crippen LogP contribution < -0.4 is 4.57 Å². The molecule has 0 spiro atoms. The van der Waals surface area contributed by atoms with Crippen molar-refractivity contribution < 1.29 is 4.57 Å². The molecule has 3 aromatic rings. The van der Waals surface area contributed by atoms with Crippen LogP contribution in [0.3, 0.4) is 0 Å². The summed E-state index contributed by atoms with van der Waals surface area (Å²) in [6.07, 6.45) is 7.09. The van der Waals surface area contributed by atoms with Crippen LogP contribution in [0.5, 0.6) is 0 Å². The first-order valence-electron chi connectivity index (χ1n) is 8.31. The highest BCUT2D eigenvalue weighted by molar-refractivity contribution is 7.22. The maximum Gasteiger partial charge on any atom is 0.223 e. The molecule has 0 radical (unpaired) electrons. The summed E-state index contributed by atoms with van der Waals surface area (Å²) in [5.41, 5.74) is 3.22. The summed E-state index contributed by atoms with van der Waals surface area (Å²) in [6, 6.07) is 15.5. The summed E-state index contributed by atoms with van der Waals surface area (Å²) in [6.45, 7) is 4.68. The van der Waals surface area contributed by atoms with E-state index in [0.717, 1.165) is 0 Å². The van der Waals surface area contributed by atoms with Crippen LogP contribution in [0.4, 0.5) is 0 Å². The van der Waals surface area contributed by atoms with E-state index in [1.807, 2.05) is 11.3 Å². The van der Waals surface area contributed by atoms with E-state index in [1.165, 1.54) is 46.3 Å². The van der Waals surface area contributed by atoms with Crippen molar-refractivity contribution in [1.82, 2.24) is 0 Å². The number of pyridine rings is 1. The van der Waals surface area contributed by atoms with Gasteiger partial charge in [-0.2, -0.15) is 4.57 Å². The smallest absolute Gasteiger partial charge is 0.192 e. The second kappa shape index (κ2) is 5.20. The van der Waals surface area contributed by atoms with E-state index in [0.29, 0.717) is 0 Å². The molecule has 0 N–H and O–H groups in total. The van der Waals surface area contributed by atoms with E-state index in [9.17, 15) is 0 Å². The van der Waals surface area contributed by atoms with E-state index in [-0.39, 0.29) is 5.54 Å². The Morgan fingerprint density at radius 3 is 2.64 bits per heavy atom. The molecule has 2 aromatic heterocycles. The lowest BCUT2D eigenvalue weighted by Crippen LogP contribution is -2.56. The maximum absolute atomic E-state index is 2.56. The summed E-state index contributed by atoms with van der Waals surface area (Å²) in [5, 5.41) is 1.46. The quantitative estimate of drug-likeness (QED) is 0.564. The molecule has 22 heavy (non-hydrogen) atoms. The molecule has 0 fully saturated rings. The lowest BCUT2D eigenvalue weighted by atomic mass is 9.86. The third kappa shape index (κ3) is 1.87. The second-order valence-electron chi connectivity index (χ2n) is 6.29. The molecule has 112 valence electrons. The number of nitrogens with zero attached hydrogens (tertiary/aromatic N) is 1. The van der Waals surface area contributed by atoms with E-state index in [2.05, 4.69) is 67.1 Å². The molecule has 1 aliphatic heterocycles. The SMILES string of the molecule is CCC1(CC)CCc2c(sc3ccccc23)-c2cccc[n+]21. The summed E-state index contributed by atoms with van der Waals surface area (Å²) in [5.74, 6) is 0. The monoisotopic (exact) mass is 308 g/mol. The Morgan fingerprint density at radius 1 is 1.05 bits per heavy atom. The van der Waals surface area contributed by atoms with Gasteiger partial charge < -0.3 is 0 Å². The third-order valence-electron chi connectivity index (χ3n) is 5.46. The van der Waals surface area contributed by atoms with Gasteiger partial charge in [-0.15, -0.1) is 11.3 Å². The van der Waals surface area contributed by atoms with Crippen molar-refractivity contribution in [2.75, 3.05) is 0 Å². The number of aryl methyl sites for hydroxylation is 1. The standard InChI is InChI=1S/C20H22NS/c1-3-20(4-2)13-12-16-15-9-5-6-11-18(15)22-19(16)17-10-7-8-14-21(17)20/h5-11,14H,3-4,12-13H2,1-2H3/q+1. The zero-order valence-corrected chi connectivity index (χ0v) is 14.1. The summed E-state index contributed by atoms with van der Waals surface area (Å²) < 4.78 is 3.98. The first-order chi connectivity index (χ1) is 10.8. The van der Waals surface area contributed by atoms with Crippen molar-refractivity contribution >= 4 is 21.4 Å². The zero-order valence-electron chi connectivity index (χ0n) is 13.3. The fourth-order valence-electron chi connectivity index (χ4n) is 4.02. The average Bonchev–Trinajstić information content (AvgIpc) is 2.89. The van der Waals surface area contributed by atoms with Crippen molar-refractivity contribution in [3.63, 3.8) is 0 Å². The first-order valence-corrected chi connectivity index (χ1v) is 9.12. The number of fused-ring (bicyclic) bond motifs is 5. The van der Waals surface area contributed by atoms with Crippen molar-refractivity contribution in [3.8, 4) is 10.6 Å². The number of hydrogen-bond acceptors (Lipinski definition) is 1. The minimum absolute atomic E-state index is 0.260. The lowest BCUT2D eigenvalue weighted by molar-refractivity contribution is -0.757. The molecule has 0 amide bonds. The van der Waals surface area contributed by atoms with Gasteiger partial charge in [0, 0.05) is 36.1 Å². The molecule has 0 saturated heterocycles. The van der Waals surface area contributed by atoms with E-state index < -0.39 is 0 Å². The molecule has 0 bridgehead atoms. The van der Waals surface area contributed by atoms with Gasteiger partial charge in [0.25, 0.3) is 0 Å². The van der Waals surface area contributed by atoms with Crippen LogP contribution in [-0.2, 0) is 12.0 Å². The van der Waals surface area contributed by atoms with Gasteiger partial charge in [-0.1, -0.05) is 32.0 Å². The molecule has 3 heterocycles. The van der Waals surface area contributed by atoms with Crippen LogP contribution in [0.15, 0.2) is 48.7 Å². The normalized spacial score (nSPS) is 16.1. The van der Waals surface area contributed by atoms with E-state index in [1.54, 1.807) is 5.56 Å². The van der Waals surface area contributed by atoms with Crippen LogP contribution in [0.1, 0.15) is 38.7 Å². The Bertz CT molecular complexity index is 827. The lowest BCUT2D eigenvalue weighted by Gasteiger charge is -2.26. The molecule has 0 unspecified atom stereocenters. The highest BCUT2D eigenvalue weighted by Gasteiger charge is 2.41. The molecular weight excluding hydrogens is 286 g/mol. The molecule has 2 heteroatoms. The van der Waals surface area contributed by atoms with Crippen molar-refractivity contribution in [3.05, 3.63) is 54.2 Å². The summed E-state index contributed by atoms with van der Waals surface area (Å²) in [4.78, 5) is 1.48. The van der Waals surface area contributed by atoms with Crippen molar-refractivity contribution in [2.24, 2.45) is 0 Å². The minimum atomic E-state index is 0.260. The van der Waals surface area contributed by atoms with E-state index in [4.69, 9.17) is 0 Å². The Morgan fingerprint density at radius 2 is 1.82 bits per heavy atom. The number of rotatable bonds is 2. The van der Waals surface area contributed by atoms with Gasteiger partial charge in [-0.3, -0.25) is 0 Å². The summed E-state index contributed by atoms with van der Waals surface area (Å²) in [7, 11) is 0. The topological polar surface area (TPSA) is 3.88 Å². The Labute approximate surface area is 136 Å². The van der Waals surface area contributed by atoms with Gasteiger partial charge in [0.15, 0.2) is 11.7 Å². The number of thiophene rings is 1. The van der Waals surface area contributed by atoms with Gasteiger partial charge in [0.05, 0.1) is 0 Å². The third-order valence-corrected chi connectivity index (χ3v) is 6.69. The van der Waals surface area contributed by atoms with Gasteiger partial charge >= 0.3 is 0 Å². The van der Waals surface area contributed by atoms with Gasteiger partial charge in [-0.25, -0.2) is 0 Å². The van der Waals surface area contributed by atoms with E-state index >= 15 is 0 Å². The Balaban J connectivity index is 2.04. The predicted molar refractivity (Wildman–Crippen MR) is 94.3 cm³/mol. The number of benzene rings is 1. The fourth-order valence-corrected chi connectivity index (χ4v) is 5.29. The molecule has 1 nitrogen and oxygen atoms in total. The van der Waals surface area contributed by atoms with Crippen LogP contribution >= 0.6 is 11.3 Å². The Kier molecular flexibility index (Phi) is 3.30. The minimum Gasteiger partial charge on any atom is -0.192 e.